The van der Waals surface area contributed by atoms with Crippen LogP contribution in [0.25, 0.3) is 0 Å². The summed E-state index contributed by atoms with van der Waals surface area (Å²) in [5, 5.41) is 0. The molecule has 1 aliphatic heterocycles. The third-order valence-electron chi connectivity index (χ3n) is 2.97. The highest BCUT2D eigenvalue weighted by Crippen LogP contribution is 2.09. The summed E-state index contributed by atoms with van der Waals surface area (Å²) in [5.41, 5.74) is 11.1. The molecule has 0 aromatic rings. The second-order valence-corrected chi connectivity index (χ2v) is 7.38. The first-order chi connectivity index (χ1) is 11.4. The summed E-state index contributed by atoms with van der Waals surface area (Å²) in [7, 11) is 0. The van der Waals surface area contributed by atoms with E-state index in [-0.39, 0.29) is 0 Å². The third-order valence-corrected chi connectivity index (χ3v) is 5.12. The first kappa shape index (κ1) is 20.6. The molecule has 0 aromatic heterocycles. The molecule has 1 aliphatic rings. The average Bonchev–Trinajstić information content (AvgIpc) is 2.57. The molecule has 1 fully saturated rings. The van der Waals surface area contributed by atoms with E-state index in [0.29, 0.717) is 57.6 Å². The fourth-order valence-corrected chi connectivity index (χ4v) is 3.54. The van der Waals surface area contributed by atoms with Crippen molar-refractivity contribution in [3.05, 3.63) is 0 Å². The van der Waals surface area contributed by atoms with E-state index in [4.69, 9.17) is 20.9 Å². The quantitative estimate of drug-likeness (QED) is 0.693. The van der Waals surface area contributed by atoms with E-state index < -0.39 is 0 Å². The molecule has 1 heterocycles. The molecule has 0 aromatic carbocycles. The Kier molecular flexibility index (Phi) is 13.5. The highest BCUT2D eigenvalue weighted by Gasteiger charge is 2.10. The van der Waals surface area contributed by atoms with Crippen LogP contribution in [-0.4, -0.2) is 74.2 Å². The lowest BCUT2D eigenvalue weighted by Gasteiger charge is -2.12. The van der Waals surface area contributed by atoms with Crippen LogP contribution in [0.1, 0.15) is 19.3 Å². The van der Waals surface area contributed by atoms with Gasteiger partial charge in [-0.3, -0.25) is 9.98 Å². The van der Waals surface area contributed by atoms with Crippen molar-refractivity contribution in [2.75, 3.05) is 62.4 Å². The summed E-state index contributed by atoms with van der Waals surface area (Å²) in [5.74, 6) is 5.67. The lowest BCUT2D eigenvalue weighted by Crippen LogP contribution is -2.18. The molecular weight excluding hydrogens is 332 g/mol. The predicted molar refractivity (Wildman–Crippen MR) is 103 cm³/mol. The van der Waals surface area contributed by atoms with Crippen molar-refractivity contribution < 1.29 is 9.47 Å². The van der Waals surface area contributed by atoms with Gasteiger partial charge in [0.15, 0.2) is 11.8 Å². The Hall–Kier alpha value is -0.440. The molecule has 0 radical (unpaired) electrons. The monoisotopic (exact) mass is 362 g/mol. The molecule has 8 heteroatoms. The zero-order valence-electron chi connectivity index (χ0n) is 13.9. The molecular formula is C15H30N4O2S2. The molecule has 1 saturated heterocycles. The Morgan fingerprint density at radius 2 is 1.26 bits per heavy atom. The van der Waals surface area contributed by atoms with Crippen LogP contribution < -0.4 is 11.5 Å². The van der Waals surface area contributed by atoms with Gasteiger partial charge < -0.3 is 20.9 Å². The summed E-state index contributed by atoms with van der Waals surface area (Å²) < 4.78 is 11.7. The predicted octanol–water partition coefficient (Wildman–Crippen LogP) is 1.38. The fraction of sp³-hybridized carbons (Fsp3) is 0.867. The number of thioether (sulfide) groups is 2. The fourth-order valence-electron chi connectivity index (χ4n) is 1.78. The highest BCUT2D eigenvalue weighted by molar-refractivity contribution is 8.02. The van der Waals surface area contributed by atoms with Crippen molar-refractivity contribution in [3.63, 3.8) is 0 Å². The molecule has 4 N–H and O–H groups in total. The maximum Gasteiger partial charge on any atom is 0.192 e. The Morgan fingerprint density at radius 3 is 1.70 bits per heavy atom. The number of hydrogen-bond acceptors (Lipinski definition) is 8. The molecule has 1 rings (SSSR count). The minimum atomic E-state index is 0.518. The van der Waals surface area contributed by atoms with E-state index in [1.54, 1.807) is 0 Å². The highest BCUT2D eigenvalue weighted by atomic mass is 32.2. The van der Waals surface area contributed by atoms with Gasteiger partial charge in [-0.1, -0.05) is 0 Å². The van der Waals surface area contributed by atoms with E-state index >= 15 is 0 Å². The molecule has 0 saturated carbocycles. The van der Waals surface area contributed by atoms with Crippen molar-refractivity contribution >= 4 is 35.3 Å². The van der Waals surface area contributed by atoms with Crippen LogP contribution in [0.15, 0.2) is 9.98 Å². The van der Waals surface area contributed by atoms with Crippen LogP contribution in [0.4, 0.5) is 0 Å². The smallest absolute Gasteiger partial charge is 0.192 e. The number of aliphatic imine (C=N–C) groups is 2. The largest absolute Gasteiger partial charge is 0.480 e. The number of rotatable bonds is 6. The van der Waals surface area contributed by atoms with Crippen LogP contribution in [-0.2, 0) is 9.47 Å². The molecule has 0 unspecified atom stereocenters. The lowest BCUT2D eigenvalue weighted by molar-refractivity contribution is 0.303. The second-order valence-electron chi connectivity index (χ2n) is 4.93. The zero-order valence-corrected chi connectivity index (χ0v) is 15.5. The van der Waals surface area contributed by atoms with Crippen LogP contribution >= 0.6 is 23.5 Å². The van der Waals surface area contributed by atoms with Crippen LogP contribution in [0, 0.1) is 0 Å². The van der Waals surface area contributed by atoms with Crippen molar-refractivity contribution in [2.45, 2.75) is 19.3 Å². The summed E-state index contributed by atoms with van der Waals surface area (Å²) >= 11 is 3.83. The van der Waals surface area contributed by atoms with Gasteiger partial charge in [0.2, 0.25) is 0 Å². The molecule has 0 bridgehead atoms. The molecule has 0 spiro atoms. The van der Waals surface area contributed by atoms with E-state index in [1.807, 2.05) is 23.5 Å². The van der Waals surface area contributed by atoms with Crippen molar-refractivity contribution in [2.24, 2.45) is 21.5 Å². The van der Waals surface area contributed by atoms with E-state index in [0.717, 1.165) is 35.9 Å². The van der Waals surface area contributed by atoms with Gasteiger partial charge in [0, 0.05) is 36.1 Å². The van der Waals surface area contributed by atoms with Gasteiger partial charge in [-0.05, 0) is 25.9 Å². The third kappa shape index (κ3) is 11.7. The van der Waals surface area contributed by atoms with Gasteiger partial charge in [-0.2, -0.15) is 23.5 Å². The molecule has 0 amide bonds. The molecule has 134 valence electrons. The summed E-state index contributed by atoms with van der Waals surface area (Å²) in [6.45, 7) is 3.99. The van der Waals surface area contributed by atoms with Crippen molar-refractivity contribution in [3.8, 4) is 0 Å². The lowest BCUT2D eigenvalue weighted by atomic mass is 10.3. The maximum atomic E-state index is 5.83. The van der Waals surface area contributed by atoms with E-state index in [9.17, 15) is 0 Å². The summed E-state index contributed by atoms with van der Waals surface area (Å²) in [6.07, 6.45) is 2.24. The average molecular weight is 363 g/mol. The van der Waals surface area contributed by atoms with Gasteiger partial charge in [-0.15, -0.1) is 0 Å². The Balaban J connectivity index is 2.65. The molecule has 0 atom stereocenters. The number of hydrogen-bond donors (Lipinski definition) is 2. The second kappa shape index (κ2) is 15.1. The van der Waals surface area contributed by atoms with Gasteiger partial charge >= 0.3 is 0 Å². The Morgan fingerprint density at radius 1 is 0.783 bits per heavy atom. The first-order valence-corrected chi connectivity index (χ1v) is 10.6. The van der Waals surface area contributed by atoms with Crippen LogP contribution in [0.2, 0.25) is 0 Å². The van der Waals surface area contributed by atoms with Gasteiger partial charge in [0.25, 0.3) is 0 Å². The SMILES string of the molecule is NCCCN=C1CC(=NCCCN)OCCSCCSCCO1. The first-order valence-electron chi connectivity index (χ1n) is 8.24. The van der Waals surface area contributed by atoms with Crippen molar-refractivity contribution in [1.29, 1.82) is 0 Å². The Labute approximate surface area is 148 Å². The van der Waals surface area contributed by atoms with E-state index in [1.165, 1.54) is 0 Å². The number of ether oxygens (including phenoxy) is 2. The van der Waals surface area contributed by atoms with Crippen LogP contribution in [0.5, 0.6) is 0 Å². The molecule has 0 aliphatic carbocycles. The van der Waals surface area contributed by atoms with Gasteiger partial charge in [0.05, 0.1) is 19.6 Å². The molecule has 6 nitrogen and oxygen atoms in total. The topological polar surface area (TPSA) is 95.2 Å². The standard InChI is InChI=1S/C15H30N4O2S2/c16-3-1-5-18-14-13-15(19-6-2-4-17)21-8-10-23-12-11-22-9-7-20-14/h1-13,16-17H2. The van der Waals surface area contributed by atoms with Crippen LogP contribution in [0.3, 0.4) is 0 Å². The molecule has 23 heavy (non-hydrogen) atoms. The number of nitrogens with two attached hydrogens (primary N) is 2. The minimum absolute atomic E-state index is 0.518. The van der Waals surface area contributed by atoms with E-state index in [2.05, 4.69) is 9.98 Å². The minimum Gasteiger partial charge on any atom is -0.480 e. The maximum absolute atomic E-state index is 5.83. The summed E-state index contributed by atoms with van der Waals surface area (Å²) in [4.78, 5) is 9.03. The number of nitrogens with zero attached hydrogens (tertiary/aromatic N) is 2. The Bertz CT molecular complexity index is 322. The van der Waals surface area contributed by atoms with Gasteiger partial charge in [-0.25, -0.2) is 0 Å². The normalized spacial score (nSPS) is 21.8. The summed E-state index contributed by atoms with van der Waals surface area (Å²) in [6, 6.07) is 0. The zero-order chi connectivity index (χ0) is 16.6. The van der Waals surface area contributed by atoms with Gasteiger partial charge in [0.1, 0.15) is 0 Å². The van der Waals surface area contributed by atoms with Crippen molar-refractivity contribution in [1.82, 2.24) is 0 Å².